The number of likely N-dealkylation sites (tertiary alicyclic amines) is 1. The summed E-state index contributed by atoms with van der Waals surface area (Å²) in [5.41, 5.74) is 2.32. The van der Waals surface area contributed by atoms with Crippen molar-refractivity contribution >= 4 is 34.4 Å². The zero-order valence-electron chi connectivity index (χ0n) is 14.7. The van der Waals surface area contributed by atoms with Crippen molar-refractivity contribution in [1.29, 1.82) is 0 Å². The Labute approximate surface area is 161 Å². The summed E-state index contributed by atoms with van der Waals surface area (Å²) in [7, 11) is 0. The second-order valence-corrected chi connectivity index (χ2v) is 7.08. The Morgan fingerprint density at radius 2 is 2.00 bits per heavy atom. The molecule has 138 valence electrons. The van der Waals surface area contributed by atoms with E-state index < -0.39 is 12.1 Å². The number of carbonyl (C=O) groups is 2. The molecule has 0 unspecified atom stereocenters. The molecule has 4 rings (SSSR count). The number of H-pyrrole nitrogens is 1. The van der Waals surface area contributed by atoms with E-state index in [4.69, 9.17) is 16.3 Å². The highest BCUT2D eigenvalue weighted by atomic mass is 35.5. The first-order valence-electron chi connectivity index (χ1n) is 8.91. The van der Waals surface area contributed by atoms with Crippen LogP contribution in [0.15, 0.2) is 54.7 Å². The number of aromatic amines is 1. The van der Waals surface area contributed by atoms with Gasteiger partial charge in [-0.25, -0.2) is 4.79 Å². The van der Waals surface area contributed by atoms with Gasteiger partial charge in [-0.3, -0.25) is 9.69 Å². The number of rotatable bonds is 4. The molecule has 1 saturated heterocycles. The molecule has 2 heterocycles. The molecule has 1 aromatic heterocycles. The van der Waals surface area contributed by atoms with Crippen molar-refractivity contribution in [2.24, 2.45) is 0 Å². The van der Waals surface area contributed by atoms with E-state index in [-0.39, 0.29) is 12.4 Å². The Balaban J connectivity index is 1.51. The van der Waals surface area contributed by atoms with Crippen LogP contribution in [-0.4, -0.2) is 34.3 Å². The fourth-order valence-electron chi connectivity index (χ4n) is 3.54. The largest absolute Gasteiger partial charge is 0.445 e. The lowest BCUT2D eigenvalue weighted by Gasteiger charge is -2.23. The summed E-state index contributed by atoms with van der Waals surface area (Å²) in [6.07, 6.45) is 2.65. The lowest BCUT2D eigenvalue weighted by molar-refractivity contribution is 0.0739. The first-order valence-corrected chi connectivity index (χ1v) is 9.29. The molecule has 27 heavy (non-hydrogen) atoms. The van der Waals surface area contributed by atoms with E-state index >= 15 is 0 Å². The van der Waals surface area contributed by atoms with Crippen molar-refractivity contribution in [2.75, 3.05) is 6.54 Å². The van der Waals surface area contributed by atoms with Gasteiger partial charge in [-0.2, -0.15) is 0 Å². The topological polar surface area (TPSA) is 62.4 Å². The summed E-state index contributed by atoms with van der Waals surface area (Å²) >= 11 is 6.08. The number of carbonyl (C=O) groups excluding carboxylic acids is 2. The molecule has 0 aliphatic carbocycles. The third-order valence-corrected chi connectivity index (χ3v) is 5.14. The maximum atomic E-state index is 13.1. The zero-order chi connectivity index (χ0) is 18.8. The third kappa shape index (κ3) is 3.55. The number of nitrogens with one attached hydrogen (secondary N) is 1. The number of ether oxygens (including phenoxy) is 1. The van der Waals surface area contributed by atoms with Gasteiger partial charge in [0.25, 0.3) is 0 Å². The molecular weight excluding hydrogens is 364 g/mol. The number of amides is 1. The van der Waals surface area contributed by atoms with Crippen molar-refractivity contribution in [3.8, 4) is 0 Å². The van der Waals surface area contributed by atoms with Crippen molar-refractivity contribution in [3.05, 3.63) is 70.9 Å². The maximum Gasteiger partial charge on any atom is 0.410 e. The van der Waals surface area contributed by atoms with Gasteiger partial charge in [-0.05, 0) is 36.6 Å². The van der Waals surface area contributed by atoms with Crippen LogP contribution in [0.2, 0.25) is 5.02 Å². The van der Waals surface area contributed by atoms with Gasteiger partial charge >= 0.3 is 6.09 Å². The quantitative estimate of drug-likeness (QED) is 0.659. The molecule has 1 atom stereocenters. The van der Waals surface area contributed by atoms with Gasteiger partial charge in [0.1, 0.15) is 6.61 Å². The lowest BCUT2D eigenvalue weighted by Crippen LogP contribution is -2.40. The van der Waals surface area contributed by atoms with Crippen LogP contribution in [0.3, 0.4) is 0 Å². The summed E-state index contributed by atoms with van der Waals surface area (Å²) in [4.78, 5) is 30.3. The van der Waals surface area contributed by atoms with Crippen molar-refractivity contribution in [1.82, 2.24) is 9.88 Å². The Morgan fingerprint density at radius 1 is 1.19 bits per heavy atom. The highest BCUT2D eigenvalue weighted by Crippen LogP contribution is 2.28. The van der Waals surface area contributed by atoms with Crippen LogP contribution >= 0.6 is 11.6 Å². The molecule has 0 radical (unpaired) electrons. The normalized spacial score (nSPS) is 16.6. The van der Waals surface area contributed by atoms with Crippen LogP contribution in [0.5, 0.6) is 0 Å². The third-order valence-electron chi connectivity index (χ3n) is 4.90. The van der Waals surface area contributed by atoms with Gasteiger partial charge in [0.05, 0.1) is 6.04 Å². The fourth-order valence-corrected chi connectivity index (χ4v) is 3.71. The summed E-state index contributed by atoms with van der Waals surface area (Å²) in [6, 6.07) is 14.4. The first kappa shape index (κ1) is 17.6. The van der Waals surface area contributed by atoms with Gasteiger partial charge in [-0.15, -0.1) is 0 Å². The number of nitrogens with zero attached hydrogens (tertiary/aromatic N) is 1. The van der Waals surface area contributed by atoms with Crippen LogP contribution in [0, 0.1) is 0 Å². The zero-order valence-corrected chi connectivity index (χ0v) is 15.4. The number of ketones is 1. The summed E-state index contributed by atoms with van der Waals surface area (Å²) in [5, 5.41) is 1.35. The molecule has 1 amide bonds. The van der Waals surface area contributed by atoms with Crippen LogP contribution < -0.4 is 0 Å². The van der Waals surface area contributed by atoms with E-state index in [2.05, 4.69) is 4.98 Å². The molecule has 5 nitrogen and oxygen atoms in total. The molecule has 1 fully saturated rings. The van der Waals surface area contributed by atoms with Crippen LogP contribution in [0.25, 0.3) is 10.9 Å². The minimum Gasteiger partial charge on any atom is -0.445 e. The smallest absolute Gasteiger partial charge is 0.410 e. The van der Waals surface area contributed by atoms with Gasteiger partial charge in [-0.1, -0.05) is 41.9 Å². The van der Waals surface area contributed by atoms with E-state index in [1.807, 2.05) is 36.4 Å². The highest BCUT2D eigenvalue weighted by Gasteiger charge is 2.36. The maximum absolute atomic E-state index is 13.1. The predicted molar refractivity (Wildman–Crippen MR) is 104 cm³/mol. The van der Waals surface area contributed by atoms with Crippen LogP contribution in [-0.2, 0) is 11.3 Å². The summed E-state index contributed by atoms with van der Waals surface area (Å²) in [6.45, 7) is 0.715. The molecule has 3 aromatic rings. The SMILES string of the molecule is O=C(c1c[nH]c2ccc(Cl)cc12)[C@H]1CCCN1C(=O)OCc1ccccc1. The Morgan fingerprint density at radius 3 is 2.81 bits per heavy atom. The second kappa shape index (κ2) is 7.45. The molecule has 1 aliphatic heterocycles. The van der Waals surface area contributed by atoms with Gasteiger partial charge in [0, 0.05) is 34.2 Å². The monoisotopic (exact) mass is 382 g/mol. The summed E-state index contributed by atoms with van der Waals surface area (Å²) < 4.78 is 5.42. The Kier molecular flexibility index (Phi) is 4.86. The van der Waals surface area contributed by atoms with Crippen LogP contribution in [0.4, 0.5) is 4.79 Å². The molecular formula is C21H19ClN2O3. The van der Waals surface area contributed by atoms with E-state index in [0.29, 0.717) is 23.6 Å². The van der Waals surface area contributed by atoms with Gasteiger partial charge in [0.15, 0.2) is 5.78 Å². The average Bonchev–Trinajstić information content (AvgIpc) is 3.33. The number of Topliss-reactive ketones (excluding diaryl/α,β-unsaturated/α-hetero) is 1. The van der Waals surface area contributed by atoms with E-state index in [1.165, 1.54) is 4.90 Å². The van der Waals surface area contributed by atoms with Gasteiger partial charge in [0.2, 0.25) is 0 Å². The number of benzene rings is 2. The minimum absolute atomic E-state index is 0.0855. The lowest BCUT2D eigenvalue weighted by atomic mass is 10.0. The molecule has 1 N–H and O–H groups in total. The minimum atomic E-state index is -0.508. The number of hydrogen-bond donors (Lipinski definition) is 1. The number of hydrogen-bond acceptors (Lipinski definition) is 3. The van der Waals surface area contributed by atoms with E-state index in [0.717, 1.165) is 22.9 Å². The van der Waals surface area contributed by atoms with Crippen molar-refractivity contribution < 1.29 is 14.3 Å². The van der Waals surface area contributed by atoms with E-state index in [1.54, 1.807) is 18.3 Å². The summed E-state index contributed by atoms with van der Waals surface area (Å²) in [5.74, 6) is -0.0855. The number of fused-ring (bicyclic) bond motifs is 1. The second-order valence-electron chi connectivity index (χ2n) is 6.65. The van der Waals surface area contributed by atoms with Crippen molar-refractivity contribution in [2.45, 2.75) is 25.5 Å². The Bertz CT molecular complexity index is 984. The highest BCUT2D eigenvalue weighted by molar-refractivity contribution is 6.31. The van der Waals surface area contributed by atoms with E-state index in [9.17, 15) is 9.59 Å². The predicted octanol–water partition coefficient (Wildman–Crippen LogP) is 4.81. The molecule has 2 aromatic carbocycles. The molecule has 0 spiro atoms. The molecule has 1 aliphatic rings. The standard InChI is InChI=1S/C21H19ClN2O3/c22-15-8-9-18-16(11-15)17(12-23-18)20(25)19-7-4-10-24(19)21(26)27-13-14-5-2-1-3-6-14/h1-3,5-6,8-9,11-12,19,23H,4,7,10,13H2/t19-/m1/s1. The fraction of sp³-hybridized carbons (Fsp3) is 0.238. The molecule has 0 bridgehead atoms. The van der Waals surface area contributed by atoms with Crippen molar-refractivity contribution in [3.63, 3.8) is 0 Å². The molecule has 0 saturated carbocycles. The molecule has 6 heteroatoms. The first-order chi connectivity index (χ1) is 13.1. The van der Waals surface area contributed by atoms with Crippen LogP contribution in [0.1, 0.15) is 28.8 Å². The number of halogens is 1. The van der Waals surface area contributed by atoms with Gasteiger partial charge < -0.3 is 9.72 Å². The number of aromatic nitrogens is 1. The average molecular weight is 383 g/mol. The Hall–Kier alpha value is -2.79.